The van der Waals surface area contributed by atoms with E-state index >= 15 is 0 Å². The minimum atomic E-state index is 0.312. The van der Waals surface area contributed by atoms with Gasteiger partial charge in [0.15, 0.2) is 0 Å². The van der Waals surface area contributed by atoms with Crippen molar-refractivity contribution in [1.29, 1.82) is 0 Å². The fraction of sp³-hybridized carbons (Fsp3) is 0.793. The molecule has 1 aromatic rings. The molecule has 0 amide bonds. The van der Waals surface area contributed by atoms with Gasteiger partial charge in [-0.05, 0) is 56.3 Å². The molecule has 0 saturated carbocycles. The van der Waals surface area contributed by atoms with Gasteiger partial charge in [-0.1, -0.05) is 52.2 Å². The lowest BCUT2D eigenvalue weighted by molar-refractivity contribution is -0.0277. The molecule has 34 heavy (non-hydrogen) atoms. The minimum Gasteiger partial charge on any atom is -0.374 e. The van der Waals surface area contributed by atoms with Gasteiger partial charge in [-0.2, -0.15) is 0 Å². The van der Waals surface area contributed by atoms with Crippen molar-refractivity contribution in [2.45, 2.75) is 84.9 Å². The van der Waals surface area contributed by atoms with Gasteiger partial charge in [0.1, 0.15) is 0 Å². The average Bonchev–Trinajstić information content (AvgIpc) is 2.88. The van der Waals surface area contributed by atoms with Crippen LogP contribution < -0.4 is 10.2 Å². The van der Waals surface area contributed by atoms with E-state index in [2.05, 4.69) is 72.0 Å². The largest absolute Gasteiger partial charge is 0.374 e. The summed E-state index contributed by atoms with van der Waals surface area (Å²) in [4.78, 5) is 7.76. The Hall–Kier alpha value is -1.14. The summed E-state index contributed by atoms with van der Waals surface area (Å²) in [5.41, 5.74) is 2.72. The number of rotatable bonds is 14. The Labute approximate surface area is 210 Å². The maximum Gasteiger partial charge on any atom is 0.0826 e. The van der Waals surface area contributed by atoms with E-state index in [9.17, 15) is 0 Å². The van der Waals surface area contributed by atoms with Gasteiger partial charge in [-0.15, -0.1) is 0 Å². The number of hydrogen-bond acceptors (Lipinski definition) is 5. The van der Waals surface area contributed by atoms with Gasteiger partial charge >= 0.3 is 0 Å². The number of nitrogens with one attached hydrogen (secondary N) is 1. The lowest BCUT2D eigenvalue weighted by atomic mass is 9.99. The van der Waals surface area contributed by atoms with Crippen LogP contribution in [0.1, 0.15) is 71.8 Å². The zero-order chi connectivity index (χ0) is 24.2. The van der Waals surface area contributed by atoms with Crippen LogP contribution >= 0.6 is 0 Å². The van der Waals surface area contributed by atoms with Crippen molar-refractivity contribution in [3.05, 3.63) is 29.8 Å². The van der Waals surface area contributed by atoms with E-state index < -0.39 is 0 Å². The van der Waals surface area contributed by atoms with Crippen molar-refractivity contribution in [2.75, 3.05) is 63.9 Å². The first kappa shape index (κ1) is 27.4. The number of piperazine rings is 1. The average molecular weight is 473 g/mol. The highest BCUT2D eigenvalue weighted by Gasteiger charge is 2.21. The van der Waals surface area contributed by atoms with Gasteiger partial charge in [0.05, 0.1) is 12.7 Å². The lowest BCUT2D eigenvalue weighted by Gasteiger charge is -2.39. The van der Waals surface area contributed by atoms with Crippen molar-refractivity contribution in [2.24, 2.45) is 5.92 Å². The number of benzene rings is 1. The molecule has 3 atom stereocenters. The first-order valence-electron chi connectivity index (χ1n) is 14.2. The fourth-order valence-electron chi connectivity index (χ4n) is 5.35. The van der Waals surface area contributed by atoms with Crippen molar-refractivity contribution >= 4 is 5.69 Å². The highest BCUT2D eigenvalue weighted by atomic mass is 16.5. The van der Waals surface area contributed by atoms with Crippen LogP contribution in [0, 0.1) is 5.92 Å². The Balaban J connectivity index is 1.31. The Morgan fingerprint density at radius 2 is 1.71 bits per heavy atom. The van der Waals surface area contributed by atoms with E-state index in [1.165, 1.54) is 69.4 Å². The van der Waals surface area contributed by atoms with Crippen LogP contribution in [0.3, 0.4) is 0 Å². The first-order valence-corrected chi connectivity index (χ1v) is 14.2. The van der Waals surface area contributed by atoms with Crippen LogP contribution in [0.4, 0.5) is 5.69 Å². The molecule has 5 heteroatoms. The van der Waals surface area contributed by atoms with Crippen LogP contribution in [-0.2, 0) is 11.3 Å². The molecule has 1 N–H and O–H groups in total. The van der Waals surface area contributed by atoms with Crippen LogP contribution in [0.15, 0.2) is 24.3 Å². The van der Waals surface area contributed by atoms with E-state index in [4.69, 9.17) is 4.74 Å². The van der Waals surface area contributed by atoms with Gasteiger partial charge in [0.2, 0.25) is 0 Å². The van der Waals surface area contributed by atoms with Crippen LogP contribution in [0.2, 0.25) is 0 Å². The van der Waals surface area contributed by atoms with Crippen LogP contribution in [-0.4, -0.2) is 80.9 Å². The third-order valence-corrected chi connectivity index (χ3v) is 7.98. The molecule has 194 valence electrons. The highest BCUT2D eigenvalue weighted by Crippen LogP contribution is 2.19. The Morgan fingerprint density at radius 1 is 0.971 bits per heavy atom. The third kappa shape index (κ3) is 9.14. The van der Waals surface area contributed by atoms with Gasteiger partial charge in [0.25, 0.3) is 0 Å². The predicted octanol–water partition coefficient (Wildman–Crippen LogP) is 5.00. The van der Waals surface area contributed by atoms with E-state index in [-0.39, 0.29) is 0 Å². The van der Waals surface area contributed by atoms with Crippen LogP contribution in [0.25, 0.3) is 0 Å². The minimum absolute atomic E-state index is 0.312. The number of unbranched alkanes of at least 4 members (excludes halogenated alkanes) is 1. The summed E-state index contributed by atoms with van der Waals surface area (Å²) < 4.78 is 6.04. The summed E-state index contributed by atoms with van der Waals surface area (Å²) in [5.74, 6) is 0.874. The molecule has 0 aromatic heterocycles. The Bertz CT molecular complexity index is 659. The SMILES string of the molecule is CCCCC(C)CCCN1CCOC(CNCc2ccc(N3CCN(C(C)CC)CC3)cc2)C1. The van der Waals surface area contributed by atoms with Gasteiger partial charge in [0, 0.05) is 64.1 Å². The third-order valence-electron chi connectivity index (χ3n) is 7.98. The molecule has 3 rings (SSSR count). The number of morpholine rings is 1. The summed E-state index contributed by atoms with van der Waals surface area (Å²) in [5, 5.41) is 3.64. The predicted molar refractivity (Wildman–Crippen MR) is 146 cm³/mol. The lowest BCUT2D eigenvalue weighted by Crippen LogP contribution is -2.49. The summed E-state index contributed by atoms with van der Waals surface area (Å²) in [6.07, 6.45) is 8.33. The second-order valence-electron chi connectivity index (χ2n) is 10.8. The maximum absolute atomic E-state index is 6.04. The molecule has 2 aliphatic rings. The monoisotopic (exact) mass is 472 g/mol. The molecule has 2 saturated heterocycles. The van der Waals surface area contributed by atoms with E-state index in [0.717, 1.165) is 51.8 Å². The fourth-order valence-corrected chi connectivity index (χ4v) is 5.35. The van der Waals surface area contributed by atoms with E-state index in [0.29, 0.717) is 12.1 Å². The second-order valence-corrected chi connectivity index (χ2v) is 10.8. The first-order chi connectivity index (χ1) is 16.6. The molecule has 3 unspecified atom stereocenters. The Morgan fingerprint density at radius 3 is 2.41 bits per heavy atom. The molecule has 1 aromatic carbocycles. The molecular weight excluding hydrogens is 420 g/mol. The quantitative estimate of drug-likeness (QED) is 0.412. The molecule has 5 nitrogen and oxygen atoms in total. The van der Waals surface area contributed by atoms with Crippen molar-refractivity contribution in [3.63, 3.8) is 0 Å². The molecule has 0 radical (unpaired) electrons. The van der Waals surface area contributed by atoms with Gasteiger partial charge < -0.3 is 15.0 Å². The van der Waals surface area contributed by atoms with Gasteiger partial charge in [-0.25, -0.2) is 0 Å². The highest BCUT2D eigenvalue weighted by molar-refractivity contribution is 5.48. The van der Waals surface area contributed by atoms with Crippen molar-refractivity contribution < 1.29 is 4.74 Å². The molecular formula is C29H52N4O. The molecule has 0 aliphatic carbocycles. The molecule has 2 heterocycles. The topological polar surface area (TPSA) is 31.0 Å². The molecule has 2 aliphatic heterocycles. The number of nitrogens with zero attached hydrogens (tertiary/aromatic N) is 3. The normalized spacial score (nSPS) is 22.1. The zero-order valence-electron chi connectivity index (χ0n) is 22.6. The van der Waals surface area contributed by atoms with Crippen LogP contribution in [0.5, 0.6) is 0 Å². The summed E-state index contributed by atoms with van der Waals surface area (Å²) in [7, 11) is 0. The molecule has 0 spiro atoms. The maximum atomic E-state index is 6.04. The summed E-state index contributed by atoms with van der Waals surface area (Å²) >= 11 is 0. The zero-order valence-corrected chi connectivity index (χ0v) is 22.6. The smallest absolute Gasteiger partial charge is 0.0826 e. The second kappa shape index (κ2) is 15.1. The van der Waals surface area contributed by atoms with E-state index in [1.54, 1.807) is 0 Å². The molecule has 2 fully saturated rings. The van der Waals surface area contributed by atoms with Crippen molar-refractivity contribution in [1.82, 2.24) is 15.1 Å². The number of anilines is 1. The van der Waals surface area contributed by atoms with Crippen molar-refractivity contribution in [3.8, 4) is 0 Å². The summed E-state index contributed by atoms with van der Waals surface area (Å²) in [6.45, 7) is 20.1. The van der Waals surface area contributed by atoms with E-state index in [1.807, 2.05) is 0 Å². The number of hydrogen-bond donors (Lipinski definition) is 1. The van der Waals surface area contributed by atoms with Gasteiger partial charge in [-0.3, -0.25) is 9.80 Å². The number of ether oxygens (including phenoxy) is 1. The Kier molecular flexibility index (Phi) is 12.2. The molecule has 0 bridgehead atoms. The standard InChI is InChI=1S/C29H52N4O/c1-5-7-9-25(3)10-8-15-31-20-21-34-29(24-31)23-30-22-27-11-13-28(14-12-27)33-18-16-32(17-19-33)26(4)6-2/h11-14,25-26,29-30H,5-10,15-24H2,1-4H3. The summed E-state index contributed by atoms with van der Waals surface area (Å²) in [6, 6.07) is 9.89.